The Morgan fingerprint density at radius 1 is 1.04 bits per heavy atom. The highest BCUT2D eigenvalue weighted by Gasteiger charge is 2.27. The summed E-state index contributed by atoms with van der Waals surface area (Å²) in [7, 11) is 0. The Kier molecular flexibility index (Phi) is 3.80. The summed E-state index contributed by atoms with van der Waals surface area (Å²) in [6.45, 7) is 0. The van der Waals surface area contributed by atoms with Crippen LogP contribution in [-0.4, -0.2) is 15.7 Å². The number of benzene rings is 2. The van der Waals surface area contributed by atoms with Crippen LogP contribution in [0.2, 0.25) is 0 Å². The summed E-state index contributed by atoms with van der Waals surface area (Å²) < 4.78 is 28.4. The molecule has 6 heteroatoms. The Labute approximate surface area is 143 Å². The van der Waals surface area contributed by atoms with E-state index in [1.807, 2.05) is 30.3 Å². The number of rotatable bonds is 3. The summed E-state index contributed by atoms with van der Waals surface area (Å²) in [6, 6.07) is 12.5. The zero-order chi connectivity index (χ0) is 17.4. The van der Waals surface area contributed by atoms with Crippen LogP contribution in [0.25, 0.3) is 5.69 Å². The fourth-order valence-corrected chi connectivity index (χ4v) is 3.22. The second-order valence-electron chi connectivity index (χ2n) is 5.99. The van der Waals surface area contributed by atoms with Gasteiger partial charge < -0.3 is 5.32 Å². The van der Waals surface area contributed by atoms with Gasteiger partial charge in [0.25, 0.3) is 5.91 Å². The molecule has 0 unspecified atom stereocenters. The van der Waals surface area contributed by atoms with Crippen molar-refractivity contribution in [1.82, 2.24) is 9.78 Å². The first-order valence-electron chi connectivity index (χ1n) is 8.05. The SMILES string of the molecule is O=C(Nc1cc(F)cc(F)c1)c1nn(-c2ccccc2)c2c1CCC2. The Morgan fingerprint density at radius 2 is 1.76 bits per heavy atom. The molecule has 0 atom stereocenters. The molecule has 0 aliphatic heterocycles. The van der Waals surface area contributed by atoms with Gasteiger partial charge in [0, 0.05) is 23.0 Å². The quantitative estimate of drug-likeness (QED) is 0.787. The fourth-order valence-electron chi connectivity index (χ4n) is 3.22. The molecule has 25 heavy (non-hydrogen) atoms. The molecule has 0 saturated carbocycles. The molecule has 0 bridgehead atoms. The summed E-state index contributed by atoms with van der Waals surface area (Å²) in [5.74, 6) is -1.94. The topological polar surface area (TPSA) is 46.9 Å². The number of carbonyl (C=O) groups excluding carboxylic acids is 1. The third-order valence-corrected chi connectivity index (χ3v) is 4.27. The second kappa shape index (κ2) is 6.12. The van der Waals surface area contributed by atoms with Crippen molar-refractivity contribution in [2.75, 3.05) is 5.32 Å². The molecule has 0 fully saturated rings. The van der Waals surface area contributed by atoms with Crippen LogP contribution < -0.4 is 5.32 Å². The highest BCUT2D eigenvalue weighted by Crippen LogP contribution is 2.28. The highest BCUT2D eigenvalue weighted by molar-refractivity contribution is 6.04. The molecule has 0 spiro atoms. The number of hydrogen-bond donors (Lipinski definition) is 1. The first-order chi connectivity index (χ1) is 12.1. The fraction of sp³-hybridized carbons (Fsp3) is 0.158. The van der Waals surface area contributed by atoms with Crippen molar-refractivity contribution in [3.8, 4) is 5.69 Å². The Bertz CT molecular complexity index is 931. The van der Waals surface area contributed by atoms with Crippen LogP contribution in [0.3, 0.4) is 0 Å². The molecule has 1 heterocycles. The molecular weight excluding hydrogens is 324 g/mol. The lowest BCUT2D eigenvalue weighted by atomic mass is 10.2. The average molecular weight is 339 g/mol. The summed E-state index contributed by atoms with van der Waals surface area (Å²) in [4.78, 5) is 12.6. The van der Waals surface area contributed by atoms with E-state index < -0.39 is 17.5 Å². The smallest absolute Gasteiger partial charge is 0.276 e. The van der Waals surface area contributed by atoms with E-state index >= 15 is 0 Å². The van der Waals surface area contributed by atoms with Gasteiger partial charge in [0.2, 0.25) is 0 Å². The molecule has 3 aromatic rings. The molecule has 4 rings (SSSR count). The van der Waals surface area contributed by atoms with Crippen LogP contribution in [-0.2, 0) is 12.8 Å². The molecule has 1 amide bonds. The largest absolute Gasteiger partial charge is 0.320 e. The number of nitrogens with zero attached hydrogens (tertiary/aromatic N) is 2. The van der Waals surface area contributed by atoms with Crippen LogP contribution in [0.5, 0.6) is 0 Å². The monoisotopic (exact) mass is 339 g/mol. The molecule has 1 aliphatic carbocycles. The van der Waals surface area contributed by atoms with Crippen molar-refractivity contribution in [2.45, 2.75) is 19.3 Å². The average Bonchev–Trinajstić information content (AvgIpc) is 3.16. The second-order valence-corrected chi connectivity index (χ2v) is 5.99. The van der Waals surface area contributed by atoms with E-state index in [1.54, 1.807) is 4.68 Å². The molecule has 2 aromatic carbocycles. The number of carbonyl (C=O) groups is 1. The molecular formula is C19H15F2N3O. The third-order valence-electron chi connectivity index (χ3n) is 4.27. The van der Waals surface area contributed by atoms with Gasteiger partial charge in [0.05, 0.1) is 5.69 Å². The third kappa shape index (κ3) is 2.91. The van der Waals surface area contributed by atoms with E-state index in [-0.39, 0.29) is 5.69 Å². The van der Waals surface area contributed by atoms with Gasteiger partial charge in [0.15, 0.2) is 5.69 Å². The summed E-state index contributed by atoms with van der Waals surface area (Å²) >= 11 is 0. The number of hydrogen-bond acceptors (Lipinski definition) is 2. The molecule has 1 aromatic heterocycles. The van der Waals surface area contributed by atoms with Crippen LogP contribution >= 0.6 is 0 Å². The highest BCUT2D eigenvalue weighted by atomic mass is 19.1. The Hall–Kier alpha value is -3.02. The molecule has 0 saturated heterocycles. The minimum absolute atomic E-state index is 0.0727. The zero-order valence-corrected chi connectivity index (χ0v) is 13.3. The maximum absolute atomic E-state index is 13.3. The molecule has 1 N–H and O–H groups in total. The number of nitrogens with one attached hydrogen (secondary N) is 1. The van der Waals surface area contributed by atoms with Gasteiger partial charge in [-0.2, -0.15) is 5.10 Å². The molecule has 4 nitrogen and oxygen atoms in total. The Morgan fingerprint density at radius 3 is 2.48 bits per heavy atom. The van der Waals surface area contributed by atoms with Gasteiger partial charge in [-0.1, -0.05) is 18.2 Å². The van der Waals surface area contributed by atoms with Crippen molar-refractivity contribution in [2.24, 2.45) is 0 Å². The van der Waals surface area contributed by atoms with E-state index in [4.69, 9.17) is 0 Å². The molecule has 0 radical (unpaired) electrons. The van der Waals surface area contributed by atoms with E-state index in [0.29, 0.717) is 5.69 Å². The van der Waals surface area contributed by atoms with Gasteiger partial charge in [-0.25, -0.2) is 13.5 Å². The van der Waals surface area contributed by atoms with Crippen LogP contribution in [0.15, 0.2) is 48.5 Å². The lowest BCUT2D eigenvalue weighted by Gasteiger charge is -2.05. The van der Waals surface area contributed by atoms with E-state index in [2.05, 4.69) is 10.4 Å². The van der Waals surface area contributed by atoms with Gasteiger partial charge >= 0.3 is 0 Å². The number of halogens is 2. The molecule has 1 aliphatic rings. The van der Waals surface area contributed by atoms with Crippen LogP contribution in [0.4, 0.5) is 14.5 Å². The van der Waals surface area contributed by atoms with Crippen molar-refractivity contribution < 1.29 is 13.6 Å². The summed E-state index contributed by atoms with van der Waals surface area (Å²) in [5.41, 5.74) is 3.18. The first kappa shape index (κ1) is 15.5. The van der Waals surface area contributed by atoms with E-state index in [9.17, 15) is 13.6 Å². The maximum Gasteiger partial charge on any atom is 0.276 e. The summed E-state index contributed by atoms with van der Waals surface area (Å²) in [6.07, 6.45) is 2.57. The number of fused-ring (bicyclic) bond motifs is 1. The van der Waals surface area contributed by atoms with Crippen molar-refractivity contribution in [3.63, 3.8) is 0 Å². The van der Waals surface area contributed by atoms with Crippen LogP contribution in [0, 0.1) is 11.6 Å². The number of aromatic nitrogens is 2. The minimum Gasteiger partial charge on any atom is -0.320 e. The predicted octanol–water partition coefficient (Wildman–Crippen LogP) is 3.89. The van der Waals surface area contributed by atoms with Crippen molar-refractivity contribution in [1.29, 1.82) is 0 Å². The van der Waals surface area contributed by atoms with E-state index in [0.717, 1.165) is 54.4 Å². The summed E-state index contributed by atoms with van der Waals surface area (Å²) in [5, 5.41) is 7.00. The standard InChI is InChI=1S/C19H15F2N3O/c20-12-9-13(21)11-14(10-12)22-19(25)18-16-7-4-8-17(16)24(23-18)15-5-2-1-3-6-15/h1-3,5-6,9-11H,4,7-8H2,(H,22,25). The normalized spacial score (nSPS) is 12.9. The minimum atomic E-state index is -0.740. The number of anilines is 1. The Balaban J connectivity index is 1.70. The predicted molar refractivity (Wildman–Crippen MR) is 89.9 cm³/mol. The van der Waals surface area contributed by atoms with Gasteiger partial charge in [-0.3, -0.25) is 4.79 Å². The first-order valence-corrected chi connectivity index (χ1v) is 8.05. The lowest BCUT2D eigenvalue weighted by Crippen LogP contribution is -2.15. The van der Waals surface area contributed by atoms with Gasteiger partial charge in [0.1, 0.15) is 11.6 Å². The molecule has 126 valence electrons. The van der Waals surface area contributed by atoms with Crippen molar-refractivity contribution >= 4 is 11.6 Å². The number of amides is 1. The van der Waals surface area contributed by atoms with Crippen LogP contribution in [0.1, 0.15) is 28.2 Å². The van der Waals surface area contributed by atoms with Gasteiger partial charge in [-0.15, -0.1) is 0 Å². The van der Waals surface area contributed by atoms with Gasteiger partial charge in [-0.05, 0) is 43.5 Å². The lowest BCUT2D eigenvalue weighted by molar-refractivity contribution is 0.102. The van der Waals surface area contributed by atoms with E-state index in [1.165, 1.54) is 0 Å². The number of para-hydroxylation sites is 1. The maximum atomic E-state index is 13.3. The zero-order valence-electron chi connectivity index (χ0n) is 13.3. The van der Waals surface area contributed by atoms with Crippen molar-refractivity contribution in [3.05, 3.63) is 77.1 Å².